The minimum atomic E-state index is 0.471. The van der Waals surface area contributed by atoms with Crippen molar-refractivity contribution >= 4 is 0 Å². The molecule has 0 aromatic heterocycles. The molecule has 2 heterocycles. The standard InChI is InChI=1S/C24H40N2O6/c1-25-7-9-26(10-8-25)6-2-3-22-4-5-23-24(21-22)32-20-18-30-16-14-28-12-11-27-13-15-29-17-19-31-23/h4-5,21H,2-3,6-20H2,1H3. The first kappa shape index (κ1) is 25.2. The second-order valence-electron chi connectivity index (χ2n) is 8.18. The highest BCUT2D eigenvalue weighted by molar-refractivity contribution is 5.43. The molecule has 1 saturated heterocycles. The molecule has 0 atom stereocenters. The Morgan fingerprint density at radius 1 is 0.656 bits per heavy atom. The number of hydrogen-bond donors (Lipinski definition) is 0. The molecule has 0 spiro atoms. The molecule has 8 heteroatoms. The first-order valence-corrected chi connectivity index (χ1v) is 11.9. The Morgan fingerprint density at radius 2 is 1.19 bits per heavy atom. The first-order chi connectivity index (χ1) is 15.8. The number of rotatable bonds is 4. The molecule has 8 nitrogen and oxygen atoms in total. The molecule has 0 unspecified atom stereocenters. The Labute approximate surface area is 192 Å². The third-order valence-electron chi connectivity index (χ3n) is 5.63. The molecule has 3 rings (SSSR count). The van der Waals surface area contributed by atoms with Crippen LogP contribution in [-0.4, -0.2) is 116 Å². The van der Waals surface area contributed by atoms with Gasteiger partial charge in [0.05, 0.1) is 52.9 Å². The number of nitrogens with zero attached hydrogens (tertiary/aromatic N) is 2. The molecule has 1 aromatic carbocycles. The molecule has 0 N–H and O–H groups in total. The number of likely N-dealkylation sites (N-methyl/N-ethyl adjacent to an activating group) is 1. The van der Waals surface area contributed by atoms with E-state index in [1.54, 1.807) is 0 Å². The molecule has 1 fully saturated rings. The Balaban J connectivity index is 1.48. The average molecular weight is 453 g/mol. The Hall–Kier alpha value is -1.42. The van der Waals surface area contributed by atoms with Gasteiger partial charge in [0.15, 0.2) is 11.5 Å². The fourth-order valence-corrected chi connectivity index (χ4v) is 3.70. The van der Waals surface area contributed by atoms with Gasteiger partial charge < -0.3 is 38.2 Å². The van der Waals surface area contributed by atoms with Crippen molar-refractivity contribution < 1.29 is 28.4 Å². The molecule has 0 saturated carbocycles. The van der Waals surface area contributed by atoms with Crippen LogP contribution in [0.25, 0.3) is 0 Å². The molecular weight excluding hydrogens is 412 g/mol. The fraction of sp³-hybridized carbons (Fsp3) is 0.750. The highest BCUT2D eigenvalue weighted by Gasteiger charge is 2.13. The van der Waals surface area contributed by atoms with Gasteiger partial charge in [-0.05, 0) is 44.1 Å². The van der Waals surface area contributed by atoms with Crippen LogP contribution in [0, 0.1) is 0 Å². The SMILES string of the molecule is CN1CCN(CCCc2ccc3c(c2)OCCOCCOCCOCCOCCO3)CC1. The zero-order chi connectivity index (χ0) is 22.3. The van der Waals surface area contributed by atoms with Crippen molar-refractivity contribution in [2.75, 3.05) is 106 Å². The number of piperazine rings is 1. The van der Waals surface area contributed by atoms with Crippen LogP contribution in [0.5, 0.6) is 11.5 Å². The molecule has 0 aliphatic carbocycles. The van der Waals surface area contributed by atoms with Gasteiger partial charge in [0, 0.05) is 26.2 Å². The van der Waals surface area contributed by atoms with E-state index in [0.717, 1.165) is 57.1 Å². The summed E-state index contributed by atoms with van der Waals surface area (Å²) >= 11 is 0. The van der Waals surface area contributed by atoms with Crippen molar-refractivity contribution in [3.8, 4) is 11.5 Å². The lowest BCUT2D eigenvalue weighted by Crippen LogP contribution is -2.44. The van der Waals surface area contributed by atoms with Gasteiger partial charge in [-0.15, -0.1) is 0 Å². The topological polar surface area (TPSA) is 61.9 Å². The Bertz CT molecular complexity index is 625. The molecule has 32 heavy (non-hydrogen) atoms. The van der Waals surface area contributed by atoms with Gasteiger partial charge in [-0.1, -0.05) is 6.07 Å². The van der Waals surface area contributed by atoms with Gasteiger partial charge in [-0.3, -0.25) is 0 Å². The number of ether oxygens (including phenoxy) is 6. The van der Waals surface area contributed by atoms with Crippen molar-refractivity contribution in [3.63, 3.8) is 0 Å². The van der Waals surface area contributed by atoms with Gasteiger partial charge >= 0.3 is 0 Å². The largest absolute Gasteiger partial charge is 0.487 e. The van der Waals surface area contributed by atoms with Crippen LogP contribution in [0.2, 0.25) is 0 Å². The maximum Gasteiger partial charge on any atom is 0.161 e. The van der Waals surface area contributed by atoms with Gasteiger partial charge in [-0.25, -0.2) is 0 Å². The van der Waals surface area contributed by atoms with E-state index in [4.69, 9.17) is 28.4 Å². The maximum atomic E-state index is 6.01. The smallest absolute Gasteiger partial charge is 0.161 e. The summed E-state index contributed by atoms with van der Waals surface area (Å²) in [6, 6.07) is 6.26. The number of fused-ring (bicyclic) bond motifs is 1. The average Bonchev–Trinajstić information content (AvgIpc) is 2.80. The van der Waals surface area contributed by atoms with Crippen LogP contribution in [0.3, 0.4) is 0 Å². The minimum Gasteiger partial charge on any atom is -0.487 e. The molecule has 0 bridgehead atoms. The van der Waals surface area contributed by atoms with E-state index in [9.17, 15) is 0 Å². The van der Waals surface area contributed by atoms with Crippen LogP contribution in [0.4, 0.5) is 0 Å². The van der Waals surface area contributed by atoms with Gasteiger partial charge in [0.1, 0.15) is 13.2 Å². The summed E-state index contributed by atoms with van der Waals surface area (Å²) in [5, 5.41) is 0. The quantitative estimate of drug-likeness (QED) is 0.684. The van der Waals surface area contributed by atoms with Crippen molar-refractivity contribution in [3.05, 3.63) is 23.8 Å². The van der Waals surface area contributed by atoms with Crippen LogP contribution in [0.15, 0.2) is 18.2 Å². The zero-order valence-corrected chi connectivity index (χ0v) is 19.6. The zero-order valence-electron chi connectivity index (χ0n) is 19.6. The summed E-state index contributed by atoms with van der Waals surface area (Å²) in [6.45, 7) is 11.1. The summed E-state index contributed by atoms with van der Waals surface area (Å²) < 4.78 is 34.1. The molecule has 2 aliphatic heterocycles. The van der Waals surface area contributed by atoms with E-state index in [-0.39, 0.29) is 0 Å². The van der Waals surface area contributed by atoms with Crippen molar-refractivity contribution in [1.82, 2.24) is 9.80 Å². The second-order valence-corrected chi connectivity index (χ2v) is 8.18. The van der Waals surface area contributed by atoms with Crippen molar-refractivity contribution in [2.24, 2.45) is 0 Å². The van der Waals surface area contributed by atoms with Crippen molar-refractivity contribution in [2.45, 2.75) is 12.8 Å². The summed E-state index contributed by atoms with van der Waals surface area (Å²) in [6.07, 6.45) is 2.17. The van der Waals surface area contributed by atoms with E-state index < -0.39 is 0 Å². The van der Waals surface area contributed by atoms with Gasteiger partial charge in [-0.2, -0.15) is 0 Å². The number of benzene rings is 1. The van der Waals surface area contributed by atoms with Crippen LogP contribution in [0.1, 0.15) is 12.0 Å². The van der Waals surface area contributed by atoms with E-state index in [0.29, 0.717) is 66.1 Å². The van der Waals surface area contributed by atoms with E-state index in [1.165, 1.54) is 5.56 Å². The minimum absolute atomic E-state index is 0.471. The van der Waals surface area contributed by atoms with Crippen molar-refractivity contribution in [1.29, 1.82) is 0 Å². The summed E-state index contributed by atoms with van der Waals surface area (Å²) in [5.41, 5.74) is 1.27. The second kappa shape index (κ2) is 15.4. The van der Waals surface area contributed by atoms with Crippen LogP contribution >= 0.6 is 0 Å². The van der Waals surface area contributed by atoms with Crippen LogP contribution < -0.4 is 9.47 Å². The lowest BCUT2D eigenvalue weighted by molar-refractivity contribution is -0.00842. The molecular formula is C24H40N2O6. The monoisotopic (exact) mass is 452 g/mol. The molecule has 0 radical (unpaired) electrons. The lowest BCUT2D eigenvalue weighted by Gasteiger charge is -2.32. The Kier molecular flexibility index (Phi) is 12.1. The molecule has 182 valence electrons. The summed E-state index contributed by atoms with van der Waals surface area (Å²) in [7, 11) is 2.19. The van der Waals surface area contributed by atoms with E-state index >= 15 is 0 Å². The predicted molar refractivity (Wildman–Crippen MR) is 123 cm³/mol. The normalized spacial score (nSPS) is 21.5. The van der Waals surface area contributed by atoms with Crippen LogP contribution in [-0.2, 0) is 25.4 Å². The maximum absolute atomic E-state index is 6.01. The third kappa shape index (κ3) is 10.0. The Morgan fingerprint density at radius 3 is 1.78 bits per heavy atom. The highest BCUT2D eigenvalue weighted by Crippen LogP contribution is 2.29. The highest BCUT2D eigenvalue weighted by atomic mass is 16.6. The van der Waals surface area contributed by atoms with E-state index in [2.05, 4.69) is 29.0 Å². The summed E-state index contributed by atoms with van der Waals surface area (Å²) in [5.74, 6) is 1.52. The molecule has 0 amide bonds. The number of hydrogen-bond acceptors (Lipinski definition) is 8. The van der Waals surface area contributed by atoms with Gasteiger partial charge in [0.2, 0.25) is 0 Å². The third-order valence-corrected chi connectivity index (χ3v) is 5.63. The summed E-state index contributed by atoms with van der Waals surface area (Å²) in [4.78, 5) is 4.95. The first-order valence-electron chi connectivity index (χ1n) is 11.9. The molecule has 1 aromatic rings. The van der Waals surface area contributed by atoms with Gasteiger partial charge in [0.25, 0.3) is 0 Å². The van der Waals surface area contributed by atoms with E-state index in [1.807, 2.05) is 6.07 Å². The number of aryl methyl sites for hydroxylation is 1. The lowest BCUT2D eigenvalue weighted by atomic mass is 10.1. The molecule has 2 aliphatic rings. The fourth-order valence-electron chi connectivity index (χ4n) is 3.70. The predicted octanol–water partition coefficient (Wildman–Crippen LogP) is 1.70.